The molecule has 0 radical (unpaired) electrons. The van der Waals surface area contributed by atoms with Gasteiger partial charge in [0.2, 0.25) is 5.95 Å². The summed E-state index contributed by atoms with van der Waals surface area (Å²) in [4.78, 5) is 8.70. The molecule has 0 bridgehead atoms. The van der Waals surface area contributed by atoms with Crippen LogP contribution in [0.4, 0.5) is 14.7 Å². The largest absolute Gasteiger partial charge is 0.372 e. The Hall–Kier alpha value is -3.37. The average Bonchev–Trinajstić information content (AvgIpc) is 3.23. The van der Waals surface area contributed by atoms with Gasteiger partial charge in [0.15, 0.2) is 11.6 Å². The molecule has 0 amide bonds. The van der Waals surface area contributed by atoms with E-state index in [1.807, 2.05) is 32.0 Å². The molecule has 0 spiro atoms. The second-order valence-corrected chi connectivity index (χ2v) is 8.50. The van der Waals surface area contributed by atoms with Crippen molar-refractivity contribution in [3.05, 3.63) is 83.9 Å². The summed E-state index contributed by atoms with van der Waals surface area (Å²) in [5.41, 5.74) is 1.35. The molecule has 0 aliphatic rings. The third-order valence-electron chi connectivity index (χ3n) is 4.93. The quantitative estimate of drug-likeness (QED) is 0.359. The zero-order valence-corrected chi connectivity index (χ0v) is 19.1. The van der Waals surface area contributed by atoms with Crippen LogP contribution in [0.2, 0.25) is 0 Å². The molecule has 0 saturated heterocycles. The molecule has 7 nitrogen and oxygen atoms in total. The van der Waals surface area contributed by atoms with Gasteiger partial charge in [-0.3, -0.25) is 9.29 Å². The molecule has 2 aromatic carbocycles. The molecule has 10 heteroatoms. The third-order valence-corrected chi connectivity index (χ3v) is 5.85. The van der Waals surface area contributed by atoms with Crippen molar-refractivity contribution < 1.29 is 13.5 Å². The number of ether oxygens (including phenoxy) is 1. The number of nitrogens with zero attached hydrogens (tertiary/aromatic N) is 5. The van der Waals surface area contributed by atoms with E-state index in [9.17, 15) is 8.78 Å². The number of hydrogen-bond acceptors (Lipinski definition) is 7. The summed E-state index contributed by atoms with van der Waals surface area (Å²) in [5.74, 6) is -0.432. The first kappa shape index (κ1) is 22.8. The lowest BCUT2D eigenvalue weighted by molar-refractivity contribution is 0.0972. The first-order valence-corrected chi connectivity index (χ1v) is 11.1. The molecule has 1 unspecified atom stereocenters. The van der Waals surface area contributed by atoms with E-state index in [4.69, 9.17) is 4.74 Å². The van der Waals surface area contributed by atoms with Crippen LogP contribution in [-0.2, 0) is 4.74 Å². The molecule has 0 fully saturated rings. The Morgan fingerprint density at radius 1 is 0.970 bits per heavy atom. The normalized spacial score (nSPS) is 13.0. The van der Waals surface area contributed by atoms with Gasteiger partial charge in [-0.05, 0) is 43.5 Å². The van der Waals surface area contributed by atoms with Crippen LogP contribution in [-0.4, -0.2) is 37.1 Å². The van der Waals surface area contributed by atoms with Crippen molar-refractivity contribution in [1.29, 1.82) is 0 Å². The minimum absolute atomic E-state index is 0.173. The highest BCUT2D eigenvalue weighted by atomic mass is 32.2. The standard InChI is InChI=1S/C23H22F2N6OS/c1-14-12-26-21(27-13-14)20(32-3)15(2)33-30-23-29-28-22(16-8-5-4-6-9-16)31(23)19-17(24)10-7-11-18(19)25/h4-13,15,20H,1-3H3,(H,29,30)/t15-,20?/m0/s1. The van der Waals surface area contributed by atoms with Crippen LogP contribution in [0.1, 0.15) is 24.4 Å². The summed E-state index contributed by atoms with van der Waals surface area (Å²) >= 11 is 1.27. The SMILES string of the molecule is COC(c1ncc(C)cn1)[C@H](C)SNc1nnc(-c2ccccc2)n1-c1c(F)cccc1F. The predicted octanol–water partition coefficient (Wildman–Crippen LogP) is 5.15. The lowest BCUT2D eigenvalue weighted by atomic mass is 10.2. The fourth-order valence-electron chi connectivity index (χ4n) is 3.30. The van der Waals surface area contributed by atoms with Crippen LogP contribution in [0.15, 0.2) is 60.9 Å². The van der Waals surface area contributed by atoms with Crippen LogP contribution in [0.25, 0.3) is 17.1 Å². The second-order valence-electron chi connectivity index (χ2n) is 7.32. The molecule has 0 saturated carbocycles. The smallest absolute Gasteiger partial charge is 0.239 e. The number of hydrogen-bond donors (Lipinski definition) is 1. The molecule has 4 rings (SSSR count). The highest BCUT2D eigenvalue weighted by molar-refractivity contribution is 8.01. The van der Waals surface area contributed by atoms with Crippen molar-refractivity contribution in [3.8, 4) is 17.1 Å². The van der Waals surface area contributed by atoms with E-state index in [1.165, 1.54) is 34.7 Å². The summed E-state index contributed by atoms with van der Waals surface area (Å²) in [7, 11) is 1.58. The van der Waals surface area contributed by atoms with Crippen molar-refractivity contribution >= 4 is 17.9 Å². The Morgan fingerprint density at radius 3 is 2.27 bits per heavy atom. The number of methoxy groups -OCH3 is 1. The predicted molar refractivity (Wildman–Crippen MR) is 124 cm³/mol. The molecule has 2 heterocycles. The zero-order valence-electron chi connectivity index (χ0n) is 18.2. The molecule has 0 aliphatic carbocycles. The van der Waals surface area contributed by atoms with Gasteiger partial charge in [-0.25, -0.2) is 18.7 Å². The summed E-state index contributed by atoms with van der Waals surface area (Å²) in [6.07, 6.45) is 3.03. The van der Waals surface area contributed by atoms with E-state index < -0.39 is 17.7 Å². The molecular weight excluding hydrogens is 446 g/mol. The van der Waals surface area contributed by atoms with E-state index in [0.717, 1.165) is 5.56 Å². The second kappa shape index (κ2) is 10.1. The third kappa shape index (κ3) is 4.86. The van der Waals surface area contributed by atoms with E-state index in [-0.39, 0.29) is 16.9 Å². The Bertz CT molecular complexity index is 1200. The van der Waals surface area contributed by atoms with E-state index in [2.05, 4.69) is 24.9 Å². The molecule has 33 heavy (non-hydrogen) atoms. The molecule has 0 aliphatic heterocycles. The van der Waals surface area contributed by atoms with E-state index >= 15 is 0 Å². The Balaban J connectivity index is 1.67. The van der Waals surface area contributed by atoms with Crippen molar-refractivity contribution in [2.75, 3.05) is 11.8 Å². The van der Waals surface area contributed by atoms with Crippen molar-refractivity contribution in [3.63, 3.8) is 0 Å². The zero-order chi connectivity index (χ0) is 23.4. The van der Waals surface area contributed by atoms with Gasteiger partial charge in [-0.2, -0.15) is 0 Å². The maximum absolute atomic E-state index is 14.7. The number of halogens is 2. The first-order chi connectivity index (χ1) is 16.0. The number of aryl methyl sites for hydroxylation is 1. The fraction of sp³-hybridized carbons (Fsp3) is 0.217. The fourth-order valence-corrected chi connectivity index (χ4v) is 4.08. The summed E-state index contributed by atoms with van der Waals surface area (Å²) in [6, 6.07) is 12.8. The molecular formula is C23H22F2N6OS. The number of benzene rings is 2. The maximum Gasteiger partial charge on any atom is 0.239 e. The van der Waals surface area contributed by atoms with Crippen LogP contribution >= 0.6 is 11.9 Å². The van der Waals surface area contributed by atoms with Gasteiger partial charge in [-0.1, -0.05) is 36.4 Å². The topological polar surface area (TPSA) is 77.8 Å². The summed E-state index contributed by atoms with van der Waals surface area (Å²) < 4.78 is 39.5. The highest BCUT2D eigenvalue weighted by Crippen LogP contribution is 2.32. The van der Waals surface area contributed by atoms with Gasteiger partial charge in [0.1, 0.15) is 23.4 Å². The number of nitrogens with one attached hydrogen (secondary N) is 1. The van der Waals surface area contributed by atoms with Gasteiger partial charge in [-0.15, -0.1) is 10.2 Å². The van der Waals surface area contributed by atoms with Gasteiger partial charge >= 0.3 is 0 Å². The Kier molecular flexibility index (Phi) is 6.95. The summed E-state index contributed by atoms with van der Waals surface area (Å²) in [6.45, 7) is 3.84. The van der Waals surface area contributed by atoms with Gasteiger partial charge in [0, 0.05) is 25.1 Å². The average molecular weight is 469 g/mol. The van der Waals surface area contributed by atoms with Crippen molar-refractivity contribution in [2.24, 2.45) is 0 Å². The number of anilines is 1. The Labute approximate surface area is 194 Å². The lowest BCUT2D eigenvalue weighted by Gasteiger charge is -2.21. The maximum atomic E-state index is 14.7. The van der Waals surface area contributed by atoms with Crippen LogP contribution in [0, 0.1) is 18.6 Å². The van der Waals surface area contributed by atoms with E-state index in [0.29, 0.717) is 17.2 Å². The number of rotatable bonds is 8. The molecule has 4 aromatic rings. The molecule has 2 atom stereocenters. The molecule has 2 aromatic heterocycles. The number of para-hydroxylation sites is 1. The van der Waals surface area contributed by atoms with Gasteiger partial charge < -0.3 is 4.74 Å². The van der Waals surface area contributed by atoms with Gasteiger partial charge in [0.25, 0.3) is 0 Å². The van der Waals surface area contributed by atoms with Crippen molar-refractivity contribution in [1.82, 2.24) is 24.7 Å². The monoisotopic (exact) mass is 468 g/mol. The number of aromatic nitrogens is 5. The highest BCUT2D eigenvalue weighted by Gasteiger charge is 2.25. The van der Waals surface area contributed by atoms with Gasteiger partial charge in [0.05, 0.1) is 5.25 Å². The minimum Gasteiger partial charge on any atom is -0.372 e. The van der Waals surface area contributed by atoms with Crippen LogP contribution in [0.5, 0.6) is 0 Å². The van der Waals surface area contributed by atoms with Crippen molar-refractivity contribution in [2.45, 2.75) is 25.2 Å². The Morgan fingerprint density at radius 2 is 1.64 bits per heavy atom. The van der Waals surface area contributed by atoms with Crippen LogP contribution in [0.3, 0.4) is 0 Å². The first-order valence-electron chi connectivity index (χ1n) is 10.2. The minimum atomic E-state index is -0.726. The van der Waals surface area contributed by atoms with E-state index in [1.54, 1.807) is 31.6 Å². The lowest BCUT2D eigenvalue weighted by Crippen LogP contribution is -2.19. The molecule has 170 valence electrons. The van der Waals surface area contributed by atoms with Crippen LogP contribution < -0.4 is 4.72 Å². The molecule has 1 N–H and O–H groups in total. The summed E-state index contributed by atoms with van der Waals surface area (Å²) in [5, 5.41) is 8.20.